The molecule has 1 amide bonds. The van der Waals surface area contributed by atoms with Gasteiger partial charge in [-0.05, 0) is 12.5 Å². The van der Waals surface area contributed by atoms with Crippen molar-refractivity contribution in [3.63, 3.8) is 0 Å². The number of aromatic nitrogens is 2. The van der Waals surface area contributed by atoms with Crippen LogP contribution in [0.1, 0.15) is 24.5 Å². The van der Waals surface area contributed by atoms with Crippen LogP contribution in [0.4, 0.5) is 13.2 Å². The number of carbonyl (C=O) groups excluding carboxylic acids is 1. The van der Waals surface area contributed by atoms with Crippen LogP contribution in [0.25, 0.3) is 11.3 Å². The van der Waals surface area contributed by atoms with Gasteiger partial charge in [0.05, 0.1) is 18.7 Å². The predicted molar refractivity (Wildman–Crippen MR) is 106 cm³/mol. The number of nitrogens with zero attached hydrogens (tertiary/aromatic N) is 2. The molecule has 0 fully saturated rings. The van der Waals surface area contributed by atoms with Crippen molar-refractivity contribution in [1.29, 1.82) is 0 Å². The van der Waals surface area contributed by atoms with E-state index in [1.807, 2.05) is 60.7 Å². The zero-order valence-electron chi connectivity index (χ0n) is 16.4. The van der Waals surface area contributed by atoms with Crippen LogP contribution < -0.4 is 5.32 Å². The molecule has 3 rings (SSSR count). The predicted octanol–water partition coefficient (Wildman–Crippen LogP) is 3.92. The zero-order chi connectivity index (χ0) is 21.8. The smallest absolute Gasteiger partial charge is 0.380 e. The molecule has 0 saturated heterocycles. The third-order valence-electron chi connectivity index (χ3n) is 4.66. The van der Waals surface area contributed by atoms with Crippen molar-refractivity contribution in [3.05, 3.63) is 78.0 Å². The monoisotopic (exact) mass is 417 g/mol. The van der Waals surface area contributed by atoms with Gasteiger partial charge in [-0.1, -0.05) is 60.7 Å². The van der Waals surface area contributed by atoms with E-state index in [2.05, 4.69) is 10.4 Å². The third kappa shape index (κ3) is 5.27. The summed E-state index contributed by atoms with van der Waals surface area (Å²) in [5.41, 5.74) is 0.0791. The Bertz CT molecular complexity index is 984. The van der Waals surface area contributed by atoms with Crippen LogP contribution in [0.15, 0.2) is 66.9 Å². The largest absolute Gasteiger partial charge is 0.417 e. The first-order chi connectivity index (χ1) is 14.2. The van der Waals surface area contributed by atoms with Crippen molar-refractivity contribution in [2.45, 2.75) is 38.2 Å². The summed E-state index contributed by atoms with van der Waals surface area (Å²) in [6.45, 7) is 1.09. The number of aliphatic hydroxyl groups is 1. The first-order valence-electron chi connectivity index (χ1n) is 9.37. The summed E-state index contributed by atoms with van der Waals surface area (Å²) in [5.74, 6) is -0.896. The van der Waals surface area contributed by atoms with Gasteiger partial charge in [-0.25, -0.2) is 0 Å². The molecule has 30 heavy (non-hydrogen) atoms. The molecule has 0 bridgehead atoms. The summed E-state index contributed by atoms with van der Waals surface area (Å²) in [6.07, 6.45) is -4.20. The molecule has 8 heteroatoms. The minimum Gasteiger partial charge on any atom is -0.380 e. The van der Waals surface area contributed by atoms with E-state index in [-0.39, 0.29) is 6.54 Å². The average molecular weight is 417 g/mol. The zero-order valence-corrected chi connectivity index (χ0v) is 16.4. The number of nitrogens with one attached hydrogen (secondary N) is 1. The second-order valence-corrected chi connectivity index (χ2v) is 7.28. The lowest BCUT2D eigenvalue weighted by molar-refractivity contribution is -0.253. The Labute approximate surface area is 172 Å². The van der Waals surface area contributed by atoms with Gasteiger partial charge in [0.2, 0.25) is 5.91 Å². The summed E-state index contributed by atoms with van der Waals surface area (Å²) in [4.78, 5) is 12.0. The van der Waals surface area contributed by atoms with E-state index in [0.29, 0.717) is 24.7 Å². The van der Waals surface area contributed by atoms with Gasteiger partial charge in [0.15, 0.2) is 5.60 Å². The van der Waals surface area contributed by atoms with E-state index in [4.69, 9.17) is 0 Å². The van der Waals surface area contributed by atoms with E-state index in [1.165, 1.54) is 0 Å². The molecule has 0 aliphatic heterocycles. The minimum atomic E-state index is -4.89. The Balaban J connectivity index is 1.78. The lowest BCUT2D eigenvalue weighted by Crippen LogP contribution is -2.46. The van der Waals surface area contributed by atoms with Crippen LogP contribution in [0.3, 0.4) is 0 Å². The van der Waals surface area contributed by atoms with Gasteiger partial charge in [-0.3, -0.25) is 9.48 Å². The summed E-state index contributed by atoms with van der Waals surface area (Å²) in [6, 6.07) is 19.0. The van der Waals surface area contributed by atoms with Gasteiger partial charge >= 0.3 is 6.18 Å². The molecule has 158 valence electrons. The Morgan fingerprint density at radius 3 is 2.27 bits per heavy atom. The number of rotatable bonds is 7. The molecule has 1 unspecified atom stereocenters. The maximum absolute atomic E-state index is 12.8. The van der Waals surface area contributed by atoms with Gasteiger partial charge in [0, 0.05) is 23.9 Å². The van der Waals surface area contributed by atoms with Crippen molar-refractivity contribution in [1.82, 2.24) is 15.1 Å². The van der Waals surface area contributed by atoms with E-state index < -0.39 is 24.1 Å². The van der Waals surface area contributed by atoms with Crippen molar-refractivity contribution in [2.75, 3.05) is 0 Å². The molecule has 5 nitrogen and oxygen atoms in total. The summed E-state index contributed by atoms with van der Waals surface area (Å²) < 4.78 is 40.2. The van der Waals surface area contributed by atoms with E-state index in [1.54, 1.807) is 10.9 Å². The summed E-state index contributed by atoms with van der Waals surface area (Å²) in [7, 11) is 0. The molecule has 2 aromatic carbocycles. The van der Waals surface area contributed by atoms with E-state index >= 15 is 0 Å². The van der Waals surface area contributed by atoms with Crippen molar-refractivity contribution < 1.29 is 23.1 Å². The highest BCUT2D eigenvalue weighted by molar-refractivity contribution is 5.77. The van der Waals surface area contributed by atoms with E-state index in [0.717, 1.165) is 11.1 Å². The van der Waals surface area contributed by atoms with Crippen LogP contribution >= 0.6 is 0 Å². The third-order valence-corrected chi connectivity index (χ3v) is 4.66. The SMILES string of the molecule is CC(O)(CC(=O)NCc1cn(Cc2ccccc2)nc1-c1ccccc1)C(F)(F)F. The van der Waals surface area contributed by atoms with Crippen LogP contribution in [0.2, 0.25) is 0 Å². The Morgan fingerprint density at radius 2 is 1.67 bits per heavy atom. The van der Waals surface area contributed by atoms with Gasteiger partial charge in [0.25, 0.3) is 0 Å². The highest BCUT2D eigenvalue weighted by Crippen LogP contribution is 2.32. The second kappa shape index (κ2) is 8.71. The first kappa shape index (κ1) is 21.6. The Hall–Kier alpha value is -3.13. The van der Waals surface area contributed by atoms with Crippen LogP contribution in [0.5, 0.6) is 0 Å². The van der Waals surface area contributed by atoms with Crippen LogP contribution in [-0.4, -0.2) is 32.6 Å². The highest BCUT2D eigenvalue weighted by Gasteiger charge is 2.50. The van der Waals surface area contributed by atoms with Crippen molar-refractivity contribution in [2.24, 2.45) is 0 Å². The van der Waals surface area contributed by atoms with Crippen LogP contribution in [0, 0.1) is 0 Å². The fraction of sp³-hybridized carbons (Fsp3) is 0.273. The average Bonchev–Trinajstić information content (AvgIpc) is 3.09. The first-order valence-corrected chi connectivity index (χ1v) is 9.37. The summed E-state index contributed by atoms with van der Waals surface area (Å²) in [5, 5.41) is 16.6. The van der Waals surface area contributed by atoms with Gasteiger partial charge in [-0.2, -0.15) is 18.3 Å². The molecule has 0 aliphatic carbocycles. The van der Waals surface area contributed by atoms with Crippen molar-refractivity contribution >= 4 is 5.91 Å². The lowest BCUT2D eigenvalue weighted by atomic mass is 10.0. The fourth-order valence-electron chi connectivity index (χ4n) is 2.95. The molecule has 2 N–H and O–H groups in total. The number of hydrogen-bond acceptors (Lipinski definition) is 3. The maximum atomic E-state index is 12.8. The molecule has 3 aromatic rings. The molecular weight excluding hydrogens is 395 g/mol. The fourth-order valence-corrected chi connectivity index (χ4v) is 2.95. The van der Waals surface area contributed by atoms with Gasteiger partial charge in [0.1, 0.15) is 0 Å². The maximum Gasteiger partial charge on any atom is 0.417 e. The molecular formula is C22H22F3N3O2. The topological polar surface area (TPSA) is 67.2 Å². The van der Waals surface area contributed by atoms with Gasteiger partial charge < -0.3 is 10.4 Å². The standard InChI is InChI=1S/C22H22F3N3O2/c1-21(30,22(23,24)25)12-19(29)26-13-18-15-28(14-16-8-4-2-5-9-16)27-20(18)17-10-6-3-7-11-17/h2-11,15,30H,12-14H2,1H3,(H,26,29). The Kier molecular flexibility index (Phi) is 6.26. The van der Waals surface area contributed by atoms with Crippen molar-refractivity contribution in [3.8, 4) is 11.3 Å². The minimum absolute atomic E-state index is 0.00815. The highest BCUT2D eigenvalue weighted by atomic mass is 19.4. The number of halogens is 3. The molecule has 0 aliphatic rings. The number of carbonyl (C=O) groups is 1. The lowest BCUT2D eigenvalue weighted by Gasteiger charge is -2.25. The number of alkyl halides is 3. The van der Waals surface area contributed by atoms with Crippen LogP contribution in [-0.2, 0) is 17.9 Å². The van der Waals surface area contributed by atoms with E-state index in [9.17, 15) is 23.1 Å². The molecule has 0 saturated carbocycles. The number of amides is 1. The molecule has 1 heterocycles. The molecule has 0 radical (unpaired) electrons. The number of benzene rings is 2. The van der Waals surface area contributed by atoms with Gasteiger partial charge in [-0.15, -0.1) is 0 Å². The molecule has 0 spiro atoms. The molecule has 1 aromatic heterocycles. The molecule has 1 atom stereocenters. The number of hydrogen-bond donors (Lipinski definition) is 2. The normalized spacial score (nSPS) is 13.6. The quantitative estimate of drug-likeness (QED) is 0.612. The second-order valence-electron chi connectivity index (χ2n) is 7.28. The Morgan fingerprint density at radius 1 is 1.07 bits per heavy atom. The summed E-state index contributed by atoms with van der Waals surface area (Å²) >= 11 is 0.